The van der Waals surface area contributed by atoms with Crippen LogP contribution in [0.15, 0.2) is 17.1 Å². The zero-order valence-electron chi connectivity index (χ0n) is 13.2. The van der Waals surface area contributed by atoms with Crippen LogP contribution in [0.1, 0.15) is 19.8 Å². The Hall–Kier alpha value is -1.85. The Kier molecular flexibility index (Phi) is 4.18. The zero-order valence-corrected chi connectivity index (χ0v) is 13.2. The molecule has 2 N–H and O–H groups in total. The van der Waals surface area contributed by atoms with E-state index in [0.29, 0.717) is 19.0 Å². The number of nitrogens with zero attached hydrogens (tertiary/aromatic N) is 2. The van der Waals surface area contributed by atoms with Crippen LogP contribution in [0.3, 0.4) is 0 Å². The number of allylic oxidation sites excluding steroid dienone is 2. The number of aliphatic imine (C=N–C) groups is 1. The Labute approximate surface area is 131 Å². The summed E-state index contributed by atoms with van der Waals surface area (Å²) in [6, 6.07) is 0. The Bertz CT molecular complexity index is 498. The minimum Gasteiger partial charge on any atom is -0.356 e. The van der Waals surface area contributed by atoms with Crippen LogP contribution >= 0.6 is 0 Å². The number of imide groups is 1. The number of hydrogen-bond donors (Lipinski definition) is 2. The summed E-state index contributed by atoms with van der Waals surface area (Å²) in [6.07, 6.45) is 6.24. The van der Waals surface area contributed by atoms with Crippen LogP contribution in [-0.2, 0) is 9.59 Å². The van der Waals surface area contributed by atoms with E-state index in [2.05, 4.69) is 34.7 Å². The lowest BCUT2D eigenvalue weighted by molar-refractivity contribution is -0.140. The van der Waals surface area contributed by atoms with E-state index in [4.69, 9.17) is 0 Å². The summed E-state index contributed by atoms with van der Waals surface area (Å²) in [5.74, 6) is 1.12. The summed E-state index contributed by atoms with van der Waals surface area (Å²) < 4.78 is 0. The normalized spacial score (nSPS) is 32.8. The van der Waals surface area contributed by atoms with Gasteiger partial charge >= 0.3 is 0 Å². The summed E-state index contributed by atoms with van der Waals surface area (Å²) in [6.45, 7) is 3.88. The van der Waals surface area contributed by atoms with E-state index in [0.717, 1.165) is 19.4 Å². The molecule has 1 saturated heterocycles. The second-order valence-electron chi connectivity index (χ2n) is 6.25. The van der Waals surface area contributed by atoms with Crippen molar-refractivity contribution >= 4 is 17.8 Å². The van der Waals surface area contributed by atoms with Crippen LogP contribution in [0.2, 0.25) is 0 Å². The number of amides is 2. The average molecular weight is 304 g/mol. The number of guanidine groups is 1. The van der Waals surface area contributed by atoms with Gasteiger partial charge in [-0.05, 0) is 24.7 Å². The SMILES string of the molecule is CCCNC(=NC)NCCN1C(=O)C2C3C=CC(C3)C2C1=O. The van der Waals surface area contributed by atoms with Crippen molar-refractivity contribution in [1.82, 2.24) is 15.5 Å². The lowest BCUT2D eigenvalue weighted by Gasteiger charge is -2.18. The molecule has 4 atom stereocenters. The van der Waals surface area contributed by atoms with Crippen molar-refractivity contribution < 1.29 is 9.59 Å². The van der Waals surface area contributed by atoms with Crippen molar-refractivity contribution in [2.24, 2.45) is 28.7 Å². The van der Waals surface area contributed by atoms with Gasteiger partial charge in [0.25, 0.3) is 0 Å². The van der Waals surface area contributed by atoms with Gasteiger partial charge < -0.3 is 10.6 Å². The highest BCUT2D eigenvalue weighted by molar-refractivity contribution is 6.06. The smallest absolute Gasteiger partial charge is 0.233 e. The predicted molar refractivity (Wildman–Crippen MR) is 84.1 cm³/mol. The maximum Gasteiger partial charge on any atom is 0.233 e. The van der Waals surface area contributed by atoms with Crippen molar-refractivity contribution in [3.63, 3.8) is 0 Å². The van der Waals surface area contributed by atoms with Gasteiger partial charge in [-0.1, -0.05) is 19.1 Å². The topological polar surface area (TPSA) is 73.8 Å². The third-order valence-electron chi connectivity index (χ3n) is 4.96. The molecule has 6 heteroatoms. The molecule has 1 aliphatic heterocycles. The molecule has 0 aromatic carbocycles. The second kappa shape index (κ2) is 6.10. The molecule has 0 aromatic rings. The molecule has 4 unspecified atom stereocenters. The minimum atomic E-state index is -0.0972. The molecule has 2 aliphatic carbocycles. The van der Waals surface area contributed by atoms with Gasteiger partial charge in [0.1, 0.15) is 0 Å². The lowest BCUT2D eigenvalue weighted by Crippen LogP contribution is -2.43. The van der Waals surface area contributed by atoms with Crippen LogP contribution in [0.5, 0.6) is 0 Å². The summed E-state index contributed by atoms with van der Waals surface area (Å²) in [5.41, 5.74) is 0. The largest absolute Gasteiger partial charge is 0.356 e. The predicted octanol–water partition coefficient (Wildman–Crippen LogP) is 0.369. The van der Waals surface area contributed by atoms with E-state index in [1.54, 1.807) is 7.05 Å². The maximum absolute atomic E-state index is 12.5. The number of carbonyl (C=O) groups is 2. The van der Waals surface area contributed by atoms with Crippen molar-refractivity contribution in [2.75, 3.05) is 26.7 Å². The van der Waals surface area contributed by atoms with Gasteiger partial charge in [-0.2, -0.15) is 0 Å². The van der Waals surface area contributed by atoms with Gasteiger partial charge in [0.05, 0.1) is 11.8 Å². The molecular formula is C16H24N4O2. The van der Waals surface area contributed by atoms with E-state index in [1.165, 1.54) is 4.90 Å². The number of likely N-dealkylation sites (tertiary alicyclic amines) is 1. The van der Waals surface area contributed by atoms with E-state index in [-0.39, 0.29) is 35.5 Å². The molecule has 6 nitrogen and oxygen atoms in total. The molecule has 22 heavy (non-hydrogen) atoms. The Morgan fingerprint density at radius 3 is 2.32 bits per heavy atom. The highest BCUT2D eigenvalue weighted by atomic mass is 16.2. The van der Waals surface area contributed by atoms with Crippen molar-refractivity contribution in [3.05, 3.63) is 12.2 Å². The summed E-state index contributed by atoms with van der Waals surface area (Å²) >= 11 is 0. The van der Waals surface area contributed by atoms with E-state index in [1.807, 2.05) is 0 Å². The molecule has 0 aromatic heterocycles. The summed E-state index contributed by atoms with van der Waals surface area (Å²) in [5, 5.41) is 6.32. The molecule has 2 bridgehead atoms. The molecule has 1 heterocycles. The van der Waals surface area contributed by atoms with Crippen molar-refractivity contribution in [2.45, 2.75) is 19.8 Å². The first-order valence-corrected chi connectivity index (χ1v) is 8.15. The number of carbonyl (C=O) groups excluding carboxylic acids is 2. The van der Waals surface area contributed by atoms with Gasteiger partial charge in [0, 0.05) is 26.7 Å². The fraction of sp³-hybridized carbons (Fsp3) is 0.688. The maximum atomic E-state index is 12.5. The molecule has 3 rings (SSSR count). The number of hydrogen-bond acceptors (Lipinski definition) is 3. The lowest BCUT2D eigenvalue weighted by atomic mass is 9.85. The molecule has 1 saturated carbocycles. The first-order valence-electron chi connectivity index (χ1n) is 8.15. The monoisotopic (exact) mass is 304 g/mol. The van der Waals surface area contributed by atoms with Gasteiger partial charge in [0.15, 0.2) is 5.96 Å². The first kappa shape index (κ1) is 15.1. The van der Waals surface area contributed by atoms with Crippen LogP contribution in [0, 0.1) is 23.7 Å². The highest BCUT2D eigenvalue weighted by Gasteiger charge is 2.58. The molecule has 3 aliphatic rings. The molecule has 120 valence electrons. The number of nitrogens with one attached hydrogen (secondary N) is 2. The van der Waals surface area contributed by atoms with Gasteiger partial charge in [0.2, 0.25) is 11.8 Å². The number of rotatable bonds is 5. The quantitative estimate of drug-likeness (QED) is 0.333. The Morgan fingerprint density at radius 2 is 1.77 bits per heavy atom. The van der Waals surface area contributed by atoms with Crippen LogP contribution in [0.4, 0.5) is 0 Å². The van der Waals surface area contributed by atoms with Gasteiger partial charge in [-0.25, -0.2) is 0 Å². The fourth-order valence-corrected chi connectivity index (χ4v) is 3.93. The minimum absolute atomic E-state index is 0.0187. The molecular weight excluding hydrogens is 280 g/mol. The molecule has 0 radical (unpaired) electrons. The zero-order chi connectivity index (χ0) is 15.7. The average Bonchev–Trinajstić information content (AvgIpc) is 3.19. The molecule has 2 amide bonds. The Morgan fingerprint density at radius 1 is 1.18 bits per heavy atom. The molecule has 0 spiro atoms. The second-order valence-corrected chi connectivity index (χ2v) is 6.25. The van der Waals surface area contributed by atoms with E-state index >= 15 is 0 Å². The van der Waals surface area contributed by atoms with Crippen LogP contribution in [0.25, 0.3) is 0 Å². The van der Waals surface area contributed by atoms with Gasteiger partial charge in [-0.15, -0.1) is 0 Å². The van der Waals surface area contributed by atoms with Crippen LogP contribution in [-0.4, -0.2) is 49.4 Å². The standard InChI is InChI=1S/C16H24N4O2/c1-3-6-18-16(17-2)19-7-8-20-14(21)12-10-4-5-11(9-10)13(12)15(20)22/h4-5,10-13H,3,6-9H2,1-2H3,(H2,17,18,19). The van der Waals surface area contributed by atoms with E-state index < -0.39 is 0 Å². The first-order chi connectivity index (χ1) is 10.7. The Balaban J connectivity index is 1.54. The number of fused-ring (bicyclic) bond motifs is 5. The highest BCUT2D eigenvalue weighted by Crippen LogP contribution is 2.52. The third-order valence-corrected chi connectivity index (χ3v) is 4.96. The molecule has 2 fully saturated rings. The van der Waals surface area contributed by atoms with Crippen molar-refractivity contribution in [1.29, 1.82) is 0 Å². The van der Waals surface area contributed by atoms with Crippen molar-refractivity contribution in [3.8, 4) is 0 Å². The van der Waals surface area contributed by atoms with Crippen LogP contribution < -0.4 is 10.6 Å². The third kappa shape index (κ3) is 2.40. The van der Waals surface area contributed by atoms with Gasteiger partial charge in [-0.3, -0.25) is 19.5 Å². The fourth-order valence-electron chi connectivity index (χ4n) is 3.93. The van der Waals surface area contributed by atoms with E-state index in [9.17, 15) is 9.59 Å². The summed E-state index contributed by atoms with van der Waals surface area (Å²) in [7, 11) is 1.71. The summed E-state index contributed by atoms with van der Waals surface area (Å²) in [4.78, 5) is 30.6.